The van der Waals surface area contributed by atoms with E-state index in [0.29, 0.717) is 19.3 Å². The van der Waals surface area contributed by atoms with Crippen LogP contribution in [0, 0.1) is 0 Å². The average molecular weight is 260 g/mol. The first-order chi connectivity index (χ1) is 9.04. The van der Waals surface area contributed by atoms with Crippen molar-refractivity contribution in [1.29, 1.82) is 0 Å². The zero-order valence-corrected chi connectivity index (χ0v) is 11.6. The zero-order valence-electron chi connectivity index (χ0n) is 11.6. The molecule has 0 amide bonds. The predicted molar refractivity (Wildman–Crippen MR) is 74.1 cm³/mol. The first-order valence-corrected chi connectivity index (χ1v) is 6.70. The molecule has 2 N–H and O–H groups in total. The average Bonchev–Trinajstić information content (AvgIpc) is 2.92. The lowest BCUT2D eigenvalue weighted by atomic mass is 9.84. The maximum Gasteiger partial charge on any atom is 0.120 e. The normalized spacial score (nSPS) is 27.5. The SMILES string of the molecule is CC(C)n1c(C2(C)COCC2N)nc2cnccc21. The Hall–Kier alpha value is -1.46. The van der Waals surface area contributed by atoms with Gasteiger partial charge in [0.2, 0.25) is 0 Å². The molecule has 0 spiro atoms. The molecule has 1 aliphatic rings. The van der Waals surface area contributed by atoms with Crippen molar-refractivity contribution >= 4 is 11.0 Å². The third-order valence-electron chi connectivity index (χ3n) is 4.04. The van der Waals surface area contributed by atoms with E-state index in [9.17, 15) is 0 Å². The third kappa shape index (κ3) is 1.76. The van der Waals surface area contributed by atoms with Crippen molar-refractivity contribution in [2.75, 3.05) is 13.2 Å². The van der Waals surface area contributed by atoms with E-state index in [1.54, 1.807) is 6.20 Å². The Kier molecular flexibility index (Phi) is 2.83. The van der Waals surface area contributed by atoms with Gasteiger partial charge in [-0.2, -0.15) is 0 Å². The van der Waals surface area contributed by atoms with Gasteiger partial charge in [0.15, 0.2) is 0 Å². The van der Waals surface area contributed by atoms with Gasteiger partial charge in [0.05, 0.1) is 30.3 Å². The van der Waals surface area contributed by atoms with Gasteiger partial charge in [-0.15, -0.1) is 0 Å². The van der Waals surface area contributed by atoms with E-state index in [4.69, 9.17) is 15.5 Å². The number of imidazole rings is 1. The summed E-state index contributed by atoms with van der Waals surface area (Å²) < 4.78 is 7.82. The molecule has 0 saturated carbocycles. The highest BCUT2D eigenvalue weighted by Crippen LogP contribution is 2.35. The van der Waals surface area contributed by atoms with E-state index in [1.807, 2.05) is 12.3 Å². The molecule has 2 atom stereocenters. The minimum absolute atomic E-state index is 0.0187. The molecule has 5 heteroatoms. The lowest BCUT2D eigenvalue weighted by Crippen LogP contribution is -2.44. The molecule has 0 aliphatic carbocycles. The molecule has 1 saturated heterocycles. The van der Waals surface area contributed by atoms with E-state index >= 15 is 0 Å². The van der Waals surface area contributed by atoms with Crippen LogP contribution in [0.25, 0.3) is 11.0 Å². The molecule has 5 nitrogen and oxygen atoms in total. The largest absolute Gasteiger partial charge is 0.379 e. The Labute approximate surface area is 112 Å². The molecule has 2 aromatic heterocycles. The Balaban J connectivity index is 2.26. The minimum Gasteiger partial charge on any atom is -0.379 e. The lowest BCUT2D eigenvalue weighted by molar-refractivity contribution is 0.177. The van der Waals surface area contributed by atoms with Crippen molar-refractivity contribution in [3.8, 4) is 0 Å². The van der Waals surface area contributed by atoms with Gasteiger partial charge in [0.25, 0.3) is 0 Å². The lowest BCUT2D eigenvalue weighted by Gasteiger charge is -2.28. The summed E-state index contributed by atoms with van der Waals surface area (Å²) >= 11 is 0. The molecular formula is C14H20N4O. The van der Waals surface area contributed by atoms with Gasteiger partial charge in [-0.1, -0.05) is 0 Å². The van der Waals surface area contributed by atoms with Crippen LogP contribution in [-0.2, 0) is 10.2 Å². The number of hydrogen-bond donors (Lipinski definition) is 1. The number of rotatable bonds is 2. The molecule has 1 fully saturated rings. The smallest absolute Gasteiger partial charge is 0.120 e. The summed E-state index contributed by atoms with van der Waals surface area (Å²) in [6.07, 6.45) is 3.61. The quantitative estimate of drug-likeness (QED) is 0.891. The zero-order chi connectivity index (χ0) is 13.6. The van der Waals surface area contributed by atoms with Gasteiger partial charge in [0.1, 0.15) is 11.3 Å². The number of nitrogens with zero attached hydrogens (tertiary/aromatic N) is 3. The van der Waals surface area contributed by atoms with Gasteiger partial charge in [-0.05, 0) is 26.8 Å². The highest BCUT2D eigenvalue weighted by atomic mass is 16.5. The summed E-state index contributed by atoms with van der Waals surface area (Å²) in [6, 6.07) is 2.32. The molecule has 19 heavy (non-hydrogen) atoms. The van der Waals surface area contributed by atoms with Crippen molar-refractivity contribution in [1.82, 2.24) is 14.5 Å². The summed E-state index contributed by atoms with van der Waals surface area (Å²) in [5.74, 6) is 1.01. The van der Waals surface area contributed by atoms with Crippen molar-refractivity contribution in [2.45, 2.75) is 38.3 Å². The molecule has 1 aliphatic heterocycles. The summed E-state index contributed by atoms with van der Waals surface area (Å²) in [5.41, 5.74) is 8.04. The Morgan fingerprint density at radius 3 is 2.95 bits per heavy atom. The van der Waals surface area contributed by atoms with Crippen LogP contribution in [0.1, 0.15) is 32.6 Å². The second-order valence-corrected chi connectivity index (χ2v) is 5.80. The first kappa shape index (κ1) is 12.6. The van der Waals surface area contributed by atoms with Crippen LogP contribution in [0.15, 0.2) is 18.5 Å². The fourth-order valence-corrected chi connectivity index (χ4v) is 2.80. The molecule has 2 unspecified atom stereocenters. The van der Waals surface area contributed by atoms with Crippen LogP contribution >= 0.6 is 0 Å². The van der Waals surface area contributed by atoms with Crippen LogP contribution in [0.2, 0.25) is 0 Å². The van der Waals surface area contributed by atoms with Gasteiger partial charge < -0.3 is 15.0 Å². The van der Waals surface area contributed by atoms with E-state index < -0.39 is 0 Å². The monoisotopic (exact) mass is 260 g/mol. The summed E-state index contributed by atoms with van der Waals surface area (Å²) in [7, 11) is 0. The van der Waals surface area contributed by atoms with E-state index in [2.05, 4.69) is 30.3 Å². The van der Waals surface area contributed by atoms with Crippen LogP contribution in [0.5, 0.6) is 0 Å². The first-order valence-electron chi connectivity index (χ1n) is 6.70. The summed E-state index contributed by atoms with van der Waals surface area (Å²) in [6.45, 7) is 7.68. The van der Waals surface area contributed by atoms with Crippen molar-refractivity contribution in [2.24, 2.45) is 5.73 Å². The second kappa shape index (κ2) is 4.28. The van der Waals surface area contributed by atoms with E-state index in [-0.39, 0.29) is 11.5 Å². The molecule has 102 valence electrons. The number of hydrogen-bond acceptors (Lipinski definition) is 4. The number of ether oxygens (including phenoxy) is 1. The summed E-state index contributed by atoms with van der Waals surface area (Å²) in [4.78, 5) is 8.94. The Bertz CT molecular complexity index is 607. The molecule has 0 aromatic carbocycles. The maximum atomic E-state index is 6.24. The van der Waals surface area contributed by atoms with Gasteiger partial charge in [0, 0.05) is 18.3 Å². The molecular weight excluding hydrogens is 240 g/mol. The maximum absolute atomic E-state index is 6.24. The van der Waals surface area contributed by atoms with Crippen molar-refractivity contribution < 1.29 is 4.74 Å². The highest BCUT2D eigenvalue weighted by molar-refractivity contribution is 5.75. The fourth-order valence-electron chi connectivity index (χ4n) is 2.80. The molecule has 2 aromatic rings. The van der Waals surface area contributed by atoms with Gasteiger partial charge in [-0.25, -0.2) is 4.98 Å². The predicted octanol–water partition coefficient (Wildman–Crippen LogP) is 1.63. The van der Waals surface area contributed by atoms with E-state index in [1.165, 1.54) is 0 Å². The van der Waals surface area contributed by atoms with Gasteiger partial charge in [-0.3, -0.25) is 4.98 Å². The van der Waals surface area contributed by atoms with Crippen LogP contribution < -0.4 is 5.73 Å². The van der Waals surface area contributed by atoms with Crippen LogP contribution in [0.3, 0.4) is 0 Å². The summed E-state index contributed by atoms with van der Waals surface area (Å²) in [5, 5.41) is 0. The standard InChI is InChI=1S/C14H20N4O/c1-9(2)18-11-4-5-16-6-10(11)17-13(18)14(3)8-19-7-12(14)15/h4-6,9,12H,7-8,15H2,1-3H3. The topological polar surface area (TPSA) is 66.0 Å². The Morgan fingerprint density at radius 1 is 1.53 bits per heavy atom. The molecule has 0 bridgehead atoms. The number of pyridine rings is 1. The van der Waals surface area contributed by atoms with E-state index in [0.717, 1.165) is 16.9 Å². The third-order valence-corrected chi connectivity index (χ3v) is 4.04. The van der Waals surface area contributed by atoms with Crippen LogP contribution in [-0.4, -0.2) is 33.8 Å². The molecule has 3 rings (SSSR count). The number of fused-ring (bicyclic) bond motifs is 1. The van der Waals surface area contributed by atoms with Crippen molar-refractivity contribution in [3.05, 3.63) is 24.3 Å². The molecule has 3 heterocycles. The molecule has 0 radical (unpaired) electrons. The van der Waals surface area contributed by atoms with Crippen LogP contribution in [0.4, 0.5) is 0 Å². The fraction of sp³-hybridized carbons (Fsp3) is 0.571. The minimum atomic E-state index is -0.233. The highest BCUT2D eigenvalue weighted by Gasteiger charge is 2.43. The second-order valence-electron chi connectivity index (χ2n) is 5.80. The Morgan fingerprint density at radius 2 is 2.32 bits per heavy atom. The van der Waals surface area contributed by atoms with Gasteiger partial charge >= 0.3 is 0 Å². The van der Waals surface area contributed by atoms with Crippen molar-refractivity contribution in [3.63, 3.8) is 0 Å². The number of aromatic nitrogens is 3. The number of nitrogens with two attached hydrogens (primary N) is 1.